The predicted octanol–water partition coefficient (Wildman–Crippen LogP) is 1.31. The van der Waals surface area contributed by atoms with Gasteiger partial charge in [-0.15, -0.1) is 0 Å². The number of carboxylic acid groups (broad SMARTS) is 1. The van der Waals surface area contributed by atoms with E-state index < -0.39 is 11.5 Å². The Hall–Kier alpha value is -1.30. The number of fused-ring (bicyclic) bond motifs is 1. The van der Waals surface area contributed by atoms with Crippen LogP contribution >= 0.6 is 0 Å². The van der Waals surface area contributed by atoms with Crippen LogP contribution in [0, 0.1) is 0 Å². The first kappa shape index (κ1) is 14.6. The maximum Gasteiger partial charge on any atom is 0.315 e. The maximum atomic E-state index is 12.3. The van der Waals surface area contributed by atoms with Crippen molar-refractivity contribution in [1.82, 2.24) is 15.5 Å². The third-order valence-corrected chi connectivity index (χ3v) is 5.35. The average Bonchev–Trinajstić information content (AvgIpc) is 3.07. The first-order chi connectivity index (χ1) is 10.1. The van der Waals surface area contributed by atoms with Gasteiger partial charge >= 0.3 is 12.0 Å². The summed E-state index contributed by atoms with van der Waals surface area (Å²) in [5.41, 5.74) is -0.538. The number of hydrogen-bond acceptors (Lipinski definition) is 3. The van der Waals surface area contributed by atoms with Crippen LogP contribution < -0.4 is 10.6 Å². The fraction of sp³-hybridized carbons (Fsp3) is 0.867. The Morgan fingerprint density at radius 1 is 1.14 bits per heavy atom. The number of urea groups is 1. The van der Waals surface area contributed by atoms with Gasteiger partial charge in [0.2, 0.25) is 0 Å². The first-order valence-corrected chi connectivity index (χ1v) is 8.13. The lowest BCUT2D eigenvalue weighted by Gasteiger charge is -2.30. The SMILES string of the molecule is O=C(O)CC1(NC(=O)NC2CCN3CCCC23)CCCC1. The van der Waals surface area contributed by atoms with E-state index in [-0.39, 0.29) is 18.5 Å². The minimum Gasteiger partial charge on any atom is -0.481 e. The van der Waals surface area contributed by atoms with Crippen LogP contribution in [0.2, 0.25) is 0 Å². The van der Waals surface area contributed by atoms with Crippen LogP contribution in [-0.4, -0.2) is 52.7 Å². The number of rotatable bonds is 4. The van der Waals surface area contributed by atoms with Crippen LogP contribution in [0.3, 0.4) is 0 Å². The standard InChI is InChI=1S/C15H25N3O3/c19-13(20)10-15(6-1-2-7-15)17-14(21)16-11-5-9-18-8-3-4-12(11)18/h11-12H,1-10H2,(H,19,20)(H2,16,17,21). The molecule has 2 aliphatic heterocycles. The maximum absolute atomic E-state index is 12.3. The molecule has 3 fully saturated rings. The molecule has 1 saturated carbocycles. The Bertz CT molecular complexity index is 420. The zero-order valence-electron chi connectivity index (χ0n) is 12.4. The van der Waals surface area contributed by atoms with Crippen molar-refractivity contribution in [2.24, 2.45) is 0 Å². The second kappa shape index (κ2) is 5.83. The fourth-order valence-electron chi connectivity index (χ4n) is 4.38. The summed E-state index contributed by atoms with van der Waals surface area (Å²) in [7, 11) is 0. The van der Waals surface area contributed by atoms with Crippen LogP contribution in [0.1, 0.15) is 51.4 Å². The smallest absolute Gasteiger partial charge is 0.315 e. The second-order valence-electron chi connectivity index (χ2n) is 6.80. The lowest BCUT2D eigenvalue weighted by molar-refractivity contribution is -0.138. The largest absolute Gasteiger partial charge is 0.481 e. The number of nitrogens with zero attached hydrogens (tertiary/aromatic N) is 1. The minimum absolute atomic E-state index is 0.0284. The van der Waals surface area contributed by atoms with E-state index in [1.54, 1.807) is 0 Å². The van der Waals surface area contributed by atoms with E-state index in [0.29, 0.717) is 6.04 Å². The molecule has 1 aliphatic carbocycles. The van der Waals surface area contributed by atoms with Gasteiger partial charge in [0.15, 0.2) is 0 Å². The monoisotopic (exact) mass is 295 g/mol. The number of amides is 2. The molecule has 0 radical (unpaired) electrons. The van der Waals surface area contributed by atoms with Crippen molar-refractivity contribution in [3.05, 3.63) is 0 Å². The topological polar surface area (TPSA) is 81.7 Å². The summed E-state index contributed by atoms with van der Waals surface area (Å²) < 4.78 is 0. The molecular formula is C15H25N3O3. The van der Waals surface area contributed by atoms with Crippen LogP contribution in [0.5, 0.6) is 0 Å². The van der Waals surface area contributed by atoms with Crippen molar-refractivity contribution >= 4 is 12.0 Å². The van der Waals surface area contributed by atoms with Crippen molar-refractivity contribution < 1.29 is 14.7 Å². The molecule has 0 aromatic rings. The van der Waals surface area contributed by atoms with Crippen LogP contribution in [0.4, 0.5) is 4.79 Å². The molecule has 0 aromatic carbocycles. The molecule has 21 heavy (non-hydrogen) atoms. The fourth-order valence-corrected chi connectivity index (χ4v) is 4.38. The minimum atomic E-state index is -0.833. The van der Waals surface area contributed by atoms with Gasteiger partial charge in [-0.05, 0) is 38.6 Å². The lowest BCUT2D eigenvalue weighted by Crippen LogP contribution is -2.55. The van der Waals surface area contributed by atoms with Gasteiger partial charge in [0.05, 0.1) is 12.0 Å². The van der Waals surface area contributed by atoms with Gasteiger partial charge in [0, 0.05) is 18.6 Å². The quantitative estimate of drug-likeness (QED) is 0.730. The molecule has 2 atom stereocenters. The van der Waals surface area contributed by atoms with E-state index in [4.69, 9.17) is 5.11 Å². The Morgan fingerprint density at radius 3 is 2.62 bits per heavy atom. The molecule has 3 N–H and O–H groups in total. The number of hydrogen-bond donors (Lipinski definition) is 3. The van der Waals surface area contributed by atoms with Crippen LogP contribution in [-0.2, 0) is 4.79 Å². The molecule has 0 bridgehead atoms. The molecule has 2 unspecified atom stereocenters. The average molecular weight is 295 g/mol. The Morgan fingerprint density at radius 2 is 1.90 bits per heavy atom. The van der Waals surface area contributed by atoms with Gasteiger partial charge in [0.1, 0.15) is 0 Å². The summed E-state index contributed by atoms with van der Waals surface area (Å²) in [4.78, 5) is 25.8. The van der Waals surface area contributed by atoms with E-state index >= 15 is 0 Å². The molecule has 6 nitrogen and oxygen atoms in total. The van der Waals surface area contributed by atoms with Gasteiger partial charge in [-0.3, -0.25) is 9.69 Å². The summed E-state index contributed by atoms with van der Waals surface area (Å²) in [6.07, 6.45) is 6.93. The molecule has 0 aromatic heterocycles. The van der Waals surface area contributed by atoms with Crippen molar-refractivity contribution in [3.8, 4) is 0 Å². The molecule has 2 saturated heterocycles. The Balaban J connectivity index is 1.56. The molecule has 3 aliphatic rings. The highest BCUT2D eigenvalue weighted by Gasteiger charge is 2.40. The molecule has 6 heteroatoms. The van der Waals surface area contributed by atoms with Gasteiger partial charge in [0.25, 0.3) is 0 Å². The molecule has 0 spiro atoms. The summed E-state index contributed by atoms with van der Waals surface area (Å²) in [6, 6.07) is 0.516. The number of carboxylic acids is 1. The van der Waals surface area contributed by atoms with E-state index in [2.05, 4.69) is 15.5 Å². The highest BCUT2D eigenvalue weighted by atomic mass is 16.4. The van der Waals surface area contributed by atoms with Crippen molar-refractivity contribution in [2.75, 3.05) is 13.1 Å². The number of carbonyl (C=O) groups is 2. The summed E-state index contributed by atoms with van der Waals surface area (Å²) in [5.74, 6) is -0.833. The molecule has 118 valence electrons. The highest BCUT2D eigenvalue weighted by molar-refractivity contribution is 5.77. The normalized spacial score (nSPS) is 31.0. The first-order valence-electron chi connectivity index (χ1n) is 8.13. The molecule has 2 heterocycles. The summed E-state index contributed by atoms with van der Waals surface area (Å²) in [6.45, 7) is 2.21. The zero-order chi connectivity index (χ0) is 14.9. The number of carbonyl (C=O) groups excluding carboxylic acids is 1. The van der Waals surface area contributed by atoms with Crippen molar-refractivity contribution in [3.63, 3.8) is 0 Å². The van der Waals surface area contributed by atoms with Crippen LogP contribution in [0.15, 0.2) is 0 Å². The van der Waals surface area contributed by atoms with Crippen molar-refractivity contribution in [1.29, 1.82) is 0 Å². The van der Waals surface area contributed by atoms with E-state index in [1.807, 2.05) is 0 Å². The Labute approximate surface area is 125 Å². The van der Waals surface area contributed by atoms with E-state index in [1.165, 1.54) is 6.42 Å². The highest BCUT2D eigenvalue weighted by Crippen LogP contribution is 2.33. The molecule has 2 amide bonds. The lowest BCUT2D eigenvalue weighted by atomic mass is 9.93. The summed E-state index contributed by atoms with van der Waals surface area (Å²) in [5, 5.41) is 15.2. The van der Waals surface area contributed by atoms with Crippen LogP contribution in [0.25, 0.3) is 0 Å². The Kier molecular flexibility index (Phi) is 4.06. The molecular weight excluding hydrogens is 270 g/mol. The molecule has 3 rings (SSSR count). The third kappa shape index (κ3) is 3.15. The second-order valence-corrected chi connectivity index (χ2v) is 6.80. The number of aliphatic carboxylic acids is 1. The van der Waals surface area contributed by atoms with E-state index in [0.717, 1.165) is 51.6 Å². The van der Waals surface area contributed by atoms with Gasteiger partial charge in [-0.25, -0.2) is 4.79 Å². The zero-order valence-corrected chi connectivity index (χ0v) is 12.4. The summed E-state index contributed by atoms with van der Waals surface area (Å²) >= 11 is 0. The van der Waals surface area contributed by atoms with Gasteiger partial charge in [-0.1, -0.05) is 12.8 Å². The van der Waals surface area contributed by atoms with Gasteiger partial charge < -0.3 is 15.7 Å². The van der Waals surface area contributed by atoms with E-state index in [9.17, 15) is 9.59 Å². The van der Waals surface area contributed by atoms with Crippen molar-refractivity contribution in [2.45, 2.75) is 69.0 Å². The van der Waals surface area contributed by atoms with Gasteiger partial charge in [-0.2, -0.15) is 0 Å². The third-order valence-electron chi connectivity index (χ3n) is 5.35. The number of nitrogens with one attached hydrogen (secondary N) is 2. The predicted molar refractivity (Wildman–Crippen MR) is 78.1 cm³/mol.